The van der Waals surface area contributed by atoms with Crippen LogP contribution in [0.4, 0.5) is 4.79 Å². The number of amides is 2. The van der Waals surface area contributed by atoms with E-state index in [9.17, 15) is 14.7 Å². The van der Waals surface area contributed by atoms with Gasteiger partial charge >= 0.3 is 6.09 Å². The van der Waals surface area contributed by atoms with E-state index in [2.05, 4.69) is 4.98 Å². The number of hydrogen-bond acceptors (Lipinski definition) is 5. The minimum atomic E-state index is -0.597. The molecule has 2 aliphatic rings. The molecule has 3 aromatic rings. The predicted molar refractivity (Wildman–Crippen MR) is 154 cm³/mol. The molecule has 0 bridgehead atoms. The summed E-state index contributed by atoms with van der Waals surface area (Å²) in [5.74, 6) is -0.160. The van der Waals surface area contributed by atoms with E-state index in [1.165, 1.54) is 0 Å². The molecule has 1 saturated heterocycles. The number of nitrogens with zero attached hydrogens (tertiary/aromatic N) is 4. The van der Waals surface area contributed by atoms with Gasteiger partial charge in [-0.15, -0.1) is 0 Å². The molecule has 1 aromatic heterocycles. The molecule has 0 spiro atoms. The Balaban J connectivity index is 1.48. The summed E-state index contributed by atoms with van der Waals surface area (Å²) in [6.45, 7) is 6.71. The molecular weight excluding hydrogens is 504 g/mol. The fourth-order valence-electron chi connectivity index (χ4n) is 5.88. The molecule has 1 N–H and O–H groups in total. The monoisotopic (exact) mass is 544 g/mol. The van der Waals surface area contributed by atoms with Crippen LogP contribution in [0.25, 0.3) is 11.3 Å². The van der Waals surface area contributed by atoms with E-state index in [0.717, 1.165) is 42.5 Å². The van der Waals surface area contributed by atoms with Gasteiger partial charge in [0.25, 0.3) is 5.91 Å². The molecular formula is C32H40N4O4. The van der Waals surface area contributed by atoms with Gasteiger partial charge in [0, 0.05) is 25.2 Å². The zero-order valence-corrected chi connectivity index (χ0v) is 23.7. The number of aliphatic hydroxyl groups is 1. The van der Waals surface area contributed by atoms with Crippen LogP contribution < -0.4 is 0 Å². The third-order valence-corrected chi connectivity index (χ3v) is 7.80. The van der Waals surface area contributed by atoms with Gasteiger partial charge in [0.15, 0.2) is 5.69 Å². The maximum absolute atomic E-state index is 14.3. The lowest BCUT2D eigenvalue weighted by molar-refractivity contribution is 0.00429. The summed E-state index contributed by atoms with van der Waals surface area (Å²) in [6, 6.07) is 19.5. The van der Waals surface area contributed by atoms with E-state index in [1.54, 1.807) is 11.2 Å². The third-order valence-electron chi connectivity index (χ3n) is 7.80. The number of rotatable bonds is 5. The fourth-order valence-corrected chi connectivity index (χ4v) is 5.88. The van der Waals surface area contributed by atoms with E-state index < -0.39 is 11.7 Å². The lowest BCUT2D eigenvalue weighted by atomic mass is 9.92. The average molecular weight is 545 g/mol. The van der Waals surface area contributed by atoms with Gasteiger partial charge in [-0.25, -0.2) is 9.78 Å². The van der Waals surface area contributed by atoms with Crippen LogP contribution in [0.15, 0.2) is 67.0 Å². The number of imidazole rings is 1. The highest BCUT2D eigenvalue weighted by molar-refractivity contribution is 5.98. The highest BCUT2D eigenvalue weighted by atomic mass is 16.6. The first-order valence-electron chi connectivity index (χ1n) is 14.3. The summed E-state index contributed by atoms with van der Waals surface area (Å²) in [4.78, 5) is 35.5. The second-order valence-corrected chi connectivity index (χ2v) is 11.9. The Kier molecular flexibility index (Phi) is 8.26. The maximum Gasteiger partial charge on any atom is 0.410 e. The van der Waals surface area contributed by atoms with Crippen molar-refractivity contribution >= 4 is 12.0 Å². The Bertz CT molecular complexity index is 1300. The molecule has 3 atom stereocenters. The third kappa shape index (κ3) is 6.22. The Hall–Kier alpha value is -3.65. The molecule has 212 valence electrons. The molecule has 2 unspecified atom stereocenters. The van der Waals surface area contributed by atoms with Crippen LogP contribution in [0, 0.1) is 0 Å². The van der Waals surface area contributed by atoms with Gasteiger partial charge in [-0.1, -0.05) is 73.5 Å². The predicted octanol–water partition coefficient (Wildman–Crippen LogP) is 5.33. The van der Waals surface area contributed by atoms with E-state index in [-0.39, 0.29) is 24.1 Å². The molecule has 2 amide bonds. The van der Waals surface area contributed by atoms with E-state index >= 15 is 0 Å². The zero-order valence-electron chi connectivity index (χ0n) is 23.7. The molecule has 5 rings (SSSR count). The first kappa shape index (κ1) is 27.9. The lowest BCUT2D eigenvalue weighted by Gasteiger charge is -2.41. The first-order chi connectivity index (χ1) is 19.2. The van der Waals surface area contributed by atoms with Crippen molar-refractivity contribution in [3.63, 3.8) is 0 Å². The molecule has 2 fully saturated rings. The van der Waals surface area contributed by atoms with Crippen LogP contribution in [0.3, 0.4) is 0 Å². The van der Waals surface area contributed by atoms with Gasteiger partial charge < -0.3 is 24.2 Å². The SMILES string of the molecule is CC(C)(C)OC(=O)N1CCN(C(=O)c2ncn(C3CCCCC3O)c2-c2ccccc2)[C@H](Cc2ccccc2)C1. The zero-order chi connectivity index (χ0) is 28.3. The molecule has 2 aromatic carbocycles. The van der Waals surface area contributed by atoms with Crippen molar-refractivity contribution in [1.29, 1.82) is 0 Å². The van der Waals surface area contributed by atoms with Gasteiger partial charge in [-0.2, -0.15) is 0 Å². The lowest BCUT2D eigenvalue weighted by Crippen LogP contribution is -2.58. The van der Waals surface area contributed by atoms with Crippen LogP contribution in [0.5, 0.6) is 0 Å². The van der Waals surface area contributed by atoms with Crippen molar-refractivity contribution in [2.45, 2.75) is 76.7 Å². The summed E-state index contributed by atoms with van der Waals surface area (Å²) < 4.78 is 7.67. The highest BCUT2D eigenvalue weighted by Gasteiger charge is 2.37. The second-order valence-electron chi connectivity index (χ2n) is 11.9. The van der Waals surface area contributed by atoms with Crippen LogP contribution in [-0.2, 0) is 11.2 Å². The van der Waals surface area contributed by atoms with Crippen molar-refractivity contribution in [3.05, 3.63) is 78.2 Å². The molecule has 40 heavy (non-hydrogen) atoms. The van der Waals surface area contributed by atoms with E-state index in [0.29, 0.717) is 31.7 Å². The number of aliphatic hydroxyl groups excluding tert-OH is 1. The summed E-state index contributed by atoms with van der Waals surface area (Å²) >= 11 is 0. The Morgan fingerprint density at radius 2 is 1.65 bits per heavy atom. The summed E-state index contributed by atoms with van der Waals surface area (Å²) in [5, 5.41) is 10.9. The first-order valence-corrected chi connectivity index (χ1v) is 14.3. The smallest absolute Gasteiger partial charge is 0.410 e. The Labute approximate surface area is 236 Å². The minimum absolute atomic E-state index is 0.123. The molecule has 1 saturated carbocycles. The van der Waals surface area contributed by atoms with E-state index in [4.69, 9.17) is 4.74 Å². The molecule has 2 heterocycles. The average Bonchev–Trinajstić information content (AvgIpc) is 3.38. The highest BCUT2D eigenvalue weighted by Crippen LogP contribution is 2.35. The van der Waals surface area contributed by atoms with Gasteiger partial charge in [0.2, 0.25) is 0 Å². The Morgan fingerprint density at radius 3 is 2.33 bits per heavy atom. The number of hydrogen-bond donors (Lipinski definition) is 1. The molecule has 8 nitrogen and oxygen atoms in total. The van der Waals surface area contributed by atoms with Gasteiger partial charge in [-0.05, 0) is 45.6 Å². The van der Waals surface area contributed by atoms with Crippen molar-refractivity contribution in [2.24, 2.45) is 0 Å². The maximum atomic E-state index is 14.3. The molecule has 0 radical (unpaired) electrons. The fraction of sp³-hybridized carbons (Fsp3) is 0.469. The quantitative estimate of drug-likeness (QED) is 0.469. The number of benzene rings is 2. The number of piperazine rings is 1. The minimum Gasteiger partial charge on any atom is -0.444 e. The number of carbonyl (C=O) groups is 2. The van der Waals surface area contributed by atoms with Gasteiger partial charge in [0.05, 0.1) is 30.2 Å². The van der Waals surface area contributed by atoms with Gasteiger partial charge in [-0.3, -0.25) is 4.79 Å². The molecule has 8 heteroatoms. The molecule has 1 aliphatic heterocycles. The van der Waals surface area contributed by atoms with Crippen LogP contribution in [0.2, 0.25) is 0 Å². The van der Waals surface area contributed by atoms with Crippen molar-refractivity contribution < 1.29 is 19.4 Å². The van der Waals surface area contributed by atoms with E-state index in [1.807, 2.05) is 90.9 Å². The standard InChI is InChI=1S/C32H40N4O4/c1-32(2,3)40-31(39)34-18-19-35(25(21-34)20-23-12-6-4-7-13-23)30(38)28-29(24-14-8-5-9-15-24)36(22-33-28)26-16-10-11-17-27(26)37/h4-9,12-15,22,25-27,37H,10-11,16-21H2,1-3H3/t25-,26?,27?/m1/s1. The number of aromatic nitrogens is 2. The van der Waals surface area contributed by atoms with Crippen molar-refractivity contribution in [1.82, 2.24) is 19.4 Å². The van der Waals surface area contributed by atoms with Crippen molar-refractivity contribution in [2.75, 3.05) is 19.6 Å². The topological polar surface area (TPSA) is 87.9 Å². The van der Waals surface area contributed by atoms with Crippen molar-refractivity contribution in [3.8, 4) is 11.3 Å². The Morgan fingerprint density at radius 1 is 0.975 bits per heavy atom. The number of carbonyl (C=O) groups excluding carboxylic acids is 2. The normalized spacial score (nSPS) is 21.8. The second kappa shape index (κ2) is 11.8. The summed E-state index contributed by atoms with van der Waals surface area (Å²) in [7, 11) is 0. The largest absolute Gasteiger partial charge is 0.444 e. The molecule has 1 aliphatic carbocycles. The van der Waals surface area contributed by atoms with Crippen LogP contribution in [-0.4, -0.2) is 73.8 Å². The van der Waals surface area contributed by atoms with Crippen LogP contribution >= 0.6 is 0 Å². The summed E-state index contributed by atoms with van der Waals surface area (Å²) in [5.41, 5.74) is 2.51. The summed E-state index contributed by atoms with van der Waals surface area (Å²) in [6.07, 6.45) is 5.11. The number of ether oxygens (including phenoxy) is 1. The van der Waals surface area contributed by atoms with Gasteiger partial charge in [0.1, 0.15) is 5.60 Å². The van der Waals surface area contributed by atoms with Crippen LogP contribution in [0.1, 0.15) is 68.5 Å².